The summed E-state index contributed by atoms with van der Waals surface area (Å²) in [5.41, 5.74) is 2.79. The Bertz CT molecular complexity index is 1560. The molecule has 4 aromatic rings. The number of hydrogen-bond donors (Lipinski definition) is 2. The van der Waals surface area contributed by atoms with Crippen LogP contribution in [0.25, 0.3) is 10.8 Å². The van der Waals surface area contributed by atoms with Crippen molar-refractivity contribution in [2.75, 3.05) is 17.2 Å². The van der Waals surface area contributed by atoms with Crippen molar-refractivity contribution < 1.29 is 19.1 Å². The highest BCUT2D eigenvalue weighted by Gasteiger charge is 2.29. The number of anilines is 2. The van der Waals surface area contributed by atoms with Gasteiger partial charge in [0.05, 0.1) is 17.4 Å². The van der Waals surface area contributed by atoms with Gasteiger partial charge in [-0.1, -0.05) is 43.3 Å². The lowest BCUT2D eigenvalue weighted by Gasteiger charge is -2.16. The molecule has 0 bridgehead atoms. The molecule has 206 valence electrons. The van der Waals surface area contributed by atoms with Crippen molar-refractivity contribution in [1.82, 2.24) is 0 Å². The Labute approximate surface area is 242 Å². The van der Waals surface area contributed by atoms with E-state index >= 15 is 0 Å². The zero-order chi connectivity index (χ0) is 28.1. The summed E-state index contributed by atoms with van der Waals surface area (Å²) >= 11 is 2.94. The summed E-state index contributed by atoms with van der Waals surface area (Å²) in [6, 6.07) is 21.1. The summed E-state index contributed by atoms with van der Waals surface area (Å²) in [6.45, 7) is 4.05. The van der Waals surface area contributed by atoms with Crippen LogP contribution in [0.3, 0.4) is 0 Å². The third kappa shape index (κ3) is 6.24. The topological polar surface area (TPSA) is 84.5 Å². The number of esters is 1. The van der Waals surface area contributed by atoms with Crippen LogP contribution < -0.4 is 10.6 Å². The summed E-state index contributed by atoms with van der Waals surface area (Å²) in [4.78, 5) is 41.2. The fourth-order valence-corrected chi connectivity index (χ4v) is 7.23. The molecule has 0 aliphatic heterocycles. The maximum atomic E-state index is 13.4. The number of nitrogens with one attached hydrogen (secondary N) is 2. The van der Waals surface area contributed by atoms with E-state index in [0.717, 1.165) is 46.9 Å². The summed E-state index contributed by atoms with van der Waals surface area (Å²) in [7, 11) is 0. The molecule has 1 atom stereocenters. The summed E-state index contributed by atoms with van der Waals surface area (Å²) < 4.78 is 5.33. The SMILES string of the molecule is CCOC(=O)c1c(NC(=O)C(CC)Sc2cccc(NC(=O)c3ccc4ccccc4c3)c2)sc2c1CCCC2. The third-order valence-electron chi connectivity index (χ3n) is 6.93. The van der Waals surface area contributed by atoms with Crippen molar-refractivity contribution in [3.63, 3.8) is 0 Å². The predicted molar refractivity (Wildman–Crippen MR) is 164 cm³/mol. The van der Waals surface area contributed by atoms with Crippen molar-refractivity contribution in [1.29, 1.82) is 0 Å². The van der Waals surface area contributed by atoms with E-state index in [-0.39, 0.29) is 29.6 Å². The minimum atomic E-state index is -0.374. The van der Waals surface area contributed by atoms with E-state index in [9.17, 15) is 14.4 Å². The first-order chi connectivity index (χ1) is 19.5. The molecule has 5 rings (SSSR count). The van der Waals surface area contributed by atoms with Gasteiger partial charge in [0.1, 0.15) is 5.00 Å². The Morgan fingerprint density at radius 3 is 2.52 bits per heavy atom. The number of benzene rings is 3. The monoisotopic (exact) mass is 572 g/mol. The lowest BCUT2D eigenvalue weighted by molar-refractivity contribution is -0.115. The van der Waals surface area contributed by atoms with Crippen molar-refractivity contribution in [3.05, 3.63) is 88.3 Å². The van der Waals surface area contributed by atoms with Crippen LogP contribution in [-0.4, -0.2) is 29.6 Å². The zero-order valence-electron chi connectivity index (χ0n) is 22.6. The van der Waals surface area contributed by atoms with Crippen molar-refractivity contribution >= 4 is 62.3 Å². The average Bonchev–Trinajstić information content (AvgIpc) is 3.33. The summed E-state index contributed by atoms with van der Waals surface area (Å²) in [5.74, 6) is -0.708. The van der Waals surface area contributed by atoms with E-state index in [1.54, 1.807) is 6.92 Å². The Kier molecular flexibility index (Phi) is 8.87. The molecule has 0 saturated carbocycles. The molecule has 0 fully saturated rings. The molecule has 1 aromatic heterocycles. The molecule has 0 saturated heterocycles. The van der Waals surface area contributed by atoms with Gasteiger partial charge in [-0.15, -0.1) is 23.1 Å². The Balaban J connectivity index is 1.29. The van der Waals surface area contributed by atoms with Crippen LogP contribution in [0.2, 0.25) is 0 Å². The molecule has 0 radical (unpaired) electrons. The van der Waals surface area contributed by atoms with Gasteiger partial charge in [0, 0.05) is 21.0 Å². The minimum absolute atomic E-state index is 0.151. The molecule has 1 aliphatic rings. The Hall–Kier alpha value is -3.62. The van der Waals surface area contributed by atoms with Gasteiger partial charge in [0.15, 0.2) is 0 Å². The van der Waals surface area contributed by atoms with Gasteiger partial charge < -0.3 is 15.4 Å². The number of fused-ring (bicyclic) bond motifs is 2. The fraction of sp³-hybridized carbons (Fsp3) is 0.281. The van der Waals surface area contributed by atoms with Gasteiger partial charge in [0.2, 0.25) is 5.91 Å². The third-order valence-corrected chi connectivity index (χ3v) is 9.50. The van der Waals surface area contributed by atoms with Gasteiger partial charge >= 0.3 is 5.97 Å². The number of carbonyl (C=O) groups is 3. The van der Waals surface area contributed by atoms with E-state index in [1.807, 2.05) is 73.7 Å². The standard InChI is InChI=1S/C32H32N2O4S2/c1-3-26(30(36)34-31-28(32(37)38-4-2)25-14-7-8-15-27(25)40-31)39-24-13-9-12-23(19-24)33-29(35)22-17-16-20-10-5-6-11-21(20)18-22/h5-6,9-13,16-19,26H,3-4,7-8,14-15H2,1-2H3,(H,33,35)(H,34,36). The maximum absolute atomic E-state index is 13.4. The first-order valence-corrected chi connectivity index (χ1v) is 15.4. The number of carbonyl (C=O) groups excluding carboxylic acids is 3. The number of amides is 2. The Morgan fingerprint density at radius 1 is 0.925 bits per heavy atom. The number of ether oxygens (including phenoxy) is 1. The molecular weight excluding hydrogens is 540 g/mol. The number of aryl methyl sites for hydroxylation is 1. The Morgan fingerprint density at radius 2 is 1.73 bits per heavy atom. The molecule has 0 spiro atoms. The molecule has 6 nitrogen and oxygen atoms in total. The second-order valence-electron chi connectivity index (χ2n) is 9.68. The molecule has 2 N–H and O–H groups in total. The molecule has 8 heteroatoms. The molecular formula is C32H32N2O4S2. The van der Waals surface area contributed by atoms with E-state index < -0.39 is 0 Å². The number of hydrogen-bond acceptors (Lipinski definition) is 6. The van der Waals surface area contributed by atoms with Crippen LogP contribution >= 0.6 is 23.1 Å². The van der Waals surface area contributed by atoms with Crippen LogP contribution in [-0.2, 0) is 22.4 Å². The molecule has 1 aliphatic carbocycles. The van der Waals surface area contributed by atoms with E-state index in [2.05, 4.69) is 10.6 Å². The van der Waals surface area contributed by atoms with E-state index in [0.29, 0.717) is 28.2 Å². The maximum Gasteiger partial charge on any atom is 0.341 e. The van der Waals surface area contributed by atoms with Crippen molar-refractivity contribution in [2.24, 2.45) is 0 Å². The quantitative estimate of drug-likeness (QED) is 0.158. The normalized spacial score (nSPS) is 13.3. The van der Waals surface area contributed by atoms with Crippen LogP contribution in [0.15, 0.2) is 71.6 Å². The van der Waals surface area contributed by atoms with Gasteiger partial charge in [-0.05, 0) is 85.7 Å². The van der Waals surface area contributed by atoms with E-state index in [1.165, 1.54) is 28.0 Å². The largest absolute Gasteiger partial charge is 0.462 e. The highest BCUT2D eigenvalue weighted by molar-refractivity contribution is 8.00. The fourth-order valence-electron chi connectivity index (χ4n) is 4.93. The van der Waals surface area contributed by atoms with Gasteiger partial charge in [-0.3, -0.25) is 9.59 Å². The molecule has 2 amide bonds. The van der Waals surface area contributed by atoms with Gasteiger partial charge in [0.25, 0.3) is 5.91 Å². The van der Waals surface area contributed by atoms with Crippen LogP contribution in [0, 0.1) is 0 Å². The second-order valence-corrected chi connectivity index (χ2v) is 12.1. The minimum Gasteiger partial charge on any atom is -0.462 e. The lowest BCUT2D eigenvalue weighted by atomic mass is 9.95. The summed E-state index contributed by atoms with van der Waals surface area (Å²) in [5, 5.41) is 8.33. The van der Waals surface area contributed by atoms with Crippen molar-refractivity contribution in [2.45, 2.75) is 56.1 Å². The van der Waals surface area contributed by atoms with Crippen LogP contribution in [0.1, 0.15) is 64.3 Å². The number of thiophene rings is 1. The zero-order valence-corrected chi connectivity index (χ0v) is 24.3. The summed E-state index contributed by atoms with van der Waals surface area (Å²) in [6.07, 6.45) is 4.48. The first-order valence-electron chi connectivity index (χ1n) is 13.7. The number of thioether (sulfide) groups is 1. The molecule has 1 heterocycles. The number of rotatable bonds is 9. The van der Waals surface area contributed by atoms with E-state index in [4.69, 9.17) is 4.74 Å². The van der Waals surface area contributed by atoms with Gasteiger partial charge in [-0.25, -0.2) is 4.79 Å². The van der Waals surface area contributed by atoms with Crippen LogP contribution in [0.4, 0.5) is 10.7 Å². The highest BCUT2D eigenvalue weighted by atomic mass is 32.2. The van der Waals surface area contributed by atoms with Crippen molar-refractivity contribution in [3.8, 4) is 0 Å². The lowest BCUT2D eigenvalue weighted by Crippen LogP contribution is -2.25. The second kappa shape index (κ2) is 12.7. The first kappa shape index (κ1) is 27.9. The molecule has 40 heavy (non-hydrogen) atoms. The predicted octanol–water partition coefficient (Wildman–Crippen LogP) is 7.72. The average molecular weight is 573 g/mol. The van der Waals surface area contributed by atoms with Gasteiger partial charge in [-0.2, -0.15) is 0 Å². The highest BCUT2D eigenvalue weighted by Crippen LogP contribution is 2.39. The smallest absolute Gasteiger partial charge is 0.341 e. The van der Waals surface area contributed by atoms with Crippen LogP contribution in [0.5, 0.6) is 0 Å². The molecule has 3 aromatic carbocycles. The molecule has 1 unspecified atom stereocenters.